The van der Waals surface area contributed by atoms with Crippen LogP contribution in [0.5, 0.6) is 11.5 Å². The average Bonchev–Trinajstić information content (AvgIpc) is 3.76. The molecule has 4 aromatic heterocycles. The van der Waals surface area contributed by atoms with Crippen molar-refractivity contribution in [3.05, 3.63) is 120 Å². The number of carboxylic acids is 1. The van der Waals surface area contributed by atoms with Crippen molar-refractivity contribution >= 4 is 46.7 Å². The van der Waals surface area contributed by atoms with Gasteiger partial charge >= 0.3 is 5.97 Å². The molecule has 49 heavy (non-hydrogen) atoms. The topological polar surface area (TPSA) is 212 Å². The molecule has 15 heteroatoms. The number of methoxy groups -OCH3 is 2. The lowest BCUT2D eigenvalue weighted by atomic mass is 10.1. The first kappa shape index (κ1) is 35.3. The summed E-state index contributed by atoms with van der Waals surface area (Å²) in [6, 6.07) is 14.2. The van der Waals surface area contributed by atoms with E-state index in [9.17, 15) is 9.59 Å². The molecule has 0 saturated carbocycles. The van der Waals surface area contributed by atoms with Gasteiger partial charge in [-0.15, -0.1) is 0 Å². The van der Waals surface area contributed by atoms with Crippen LogP contribution in [-0.4, -0.2) is 83.8 Å². The second-order valence-corrected chi connectivity index (χ2v) is 9.78. The zero-order valence-corrected chi connectivity index (χ0v) is 26.5. The van der Waals surface area contributed by atoms with Crippen LogP contribution in [0.25, 0.3) is 23.4 Å². The summed E-state index contributed by atoms with van der Waals surface area (Å²) in [7, 11) is 3.11. The number of hydrogen-bond donors (Lipinski definition) is 5. The molecule has 0 fully saturated rings. The third kappa shape index (κ3) is 9.25. The Balaban J connectivity index is 0.000000182. The first-order valence-corrected chi connectivity index (χ1v) is 14.6. The molecule has 6 rings (SSSR count). The highest BCUT2D eigenvalue weighted by Crippen LogP contribution is 2.27. The highest BCUT2D eigenvalue weighted by atomic mass is 16.5. The molecule has 0 radical (unpaired) electrons. The highest BCUT2D eigenvalue weighted by molar-refractivity contribution is 6.08. The summed E-state index contributed by atoms with van der Waals surface area (Å²) in [4.78, 5) is 31.2. The van der Waals surface area contributed by atoms with E-state index >= 15 is 0 Å². The smallest absolute Gasteiger partial charge is 0.341 e. The molecule has 15 nitrogen and oxygen atoms in total. The van der Waals surface area contributed by atoms with Crippen LogP contribution in [0.3, 0.4) is 0 Å². The maximum Gasteiger partial charge on any atom is 0.341 e. The SMILES string of the molecule is COc1ccc(/C=C/CO)cc1N.COc1ccc(/C=C/CO)cc1NC(=O)c1cnn2cccnc12.O=C(O)c1cnn2cccnc12. The molecular formula is C34H34N8O7. The lowest BCUT2D eigenvalue weighted by molar-refractivity contribution is 0.0698. The van der Waals surface area contributed by atoms with E-state index in [1.165, 1.54) is 34.7 Å². The maximum atomic E-state index is 12.6. The number of hydrogen-bond acceptors (Lipinski definition) is 11. The molecule has 1 amide bonds. The van der Waals surface area contributed by atoms with Gasteiger partial charge in [-0.3, -0.25) is 4.79 Å². The van der Waals surface area contributed by atoms with Crippen molar-refractivity contribution < 1.29 is 34.4 Å². The minimum absolute atomic E-state index is 0.0337. The van der Waals surface area contributed by atoms with Gasteiger partial charge in [0.05, 0.1) is 51.2 Å². The molecule has 6 N–H and O–H groups in total. The van der Waals surface area contributed by atoms with E-state index in [-0.39, 0.29) is 24.7 Å². The Morgan fingerprint density at radius 2 is 1.35 bits per heavy atom. The lowest BCUT2D eigenvalue weighted by Gasteiger charge is -2.10. The molecule has 0 bridgehead atoms. The fraction of sp³-hybridized carbons (Fsp3) is 0.118. The summed E-state index contributed by atoms with van der Waals surface area (Å²) in [6.07, 6.45) is 16.1. The number of nitrogens with two attached hydrogens (primary N) is 1. The Morgan fingerprint density at radius 3 is 1.88 bits per heavy atom. The fourth-order valence-electron chi connectivity index (χ4n) is 4.32. The molecule has 4 heterocycles. The standard InChI is InChI=1S/C17H16N4O3.C10H13NO2.C7H5N3O2/c1-24-15-6-5-12(4-2-9-22)10-14(15)20-17(23)13-11-19-21-8-3-7-18-16(13)21;1-13-10-5-4-8(3-2-6-12)7-9(10)11;11-7(12)5-4-9-10-3-1-2-8-6(5)10/h2-8,10-11,22H,9H2,1H3,(H,20,23);2-5,7,12H,6,11H2,1H3;1-4H,(H,11,12)/b4-2+;3-2+;. The van der Waals surface area contributed by atoms with Gasteiger partial charge in [-0.2, -0.15) is 10.2 Å². The quantitative estimate of drug-likeness (QED) is 0.140. The number of nitrogens with one attached hydrogen (secondary N) is 1. The Bertz CT molecular complexity index is 2090. The van der Waals surface area contributed by atoms with Gasteiger partial charge < -0.3 is 35.8 Å². The molecule has 252 valence electrons. The molecule has 0 aliphatic rings. The van der Waals surface area contributed by atoms with Gasteiger partial charge in [0.25, 0.3) is 5.91 Å². The summed E-state index contributed by atoms with van der Waals surface area (Å²) < 4.78 is 13.2. The largest absolute Gasteiger partial charge is 0.495 e. The van der Waals surface area contributed by atoms with Crippen LogP contribution < -0.4 is 20.5 Å². The number of fused-ring (bicyclic) bond motifs is 2. The van der Waals surface area contributed by atoms with Crippen LogP contribution in [0, 0.1) is 0 Å². The molecule has 0 atom stereocenters. The molecule has 0 unspecified atom stereocenters. The average molecular weight is 667 g/mol. The Morgan fingerprint density at radius 1 is 0.816 bits per heavy atom. The third-order valence-corrected chi connectivity index (χ3v) is 6.59. The van der Waals surface area contributed by atoms with Gasteiger partial charge in [0.1, 0.15) is 22.6 Å². The number of nitrogens with zero attached hydrogens (tertiary/aromatic N) is 6. The van der Waals surface area contributed by atoms with Crippen molar-refractivity contribution in [2.24, 2.45) is 0 Å². The van der Waals surface area contributed by atoms with Gasteiger partial charge in [0.15, 0.2) is 11.3 Å². The van der Waals surface area contributed by atoms with Crippen molar-refractivity contribution in [3.63, 3.8) is 0 Å². The maximum absolute atomic E-state index is 12.6. The summed E-state index contributed by atoms with van der Waals surface area (Å²) >= 11 is 0. The van der Waals surface area contributed by atoms with Crippen LogP contribution in [-0.2, 0) is 0 Å². The van der Waals surface area contributed by atoms with Crippen molar-refractivity contribution in [2.75, 3.05) is 38.5 Å². The number of ether oxygens (including phenoxy) is 2. The Kier molecular flexibility index (Phi) is 12.5. The van der Waals surface area contributed by atoms with Crippen LogP contribution >= 0.6 is 0 Å². The lowest BCUT2D eigenvalue weighted by Crippen LogP contribution is -2.13. The molecule has 0 spiro atoms. The number of aromatic nitrogens is 6. The number of rotatable bonds is 9. The number of carbonyl (C=O) groups is 2. The zero-order valence-electron chi connectivity index (χ0n) is 26.5. The van der Waals surface area contributed by atoms with Crippen LogP contribution in [0.2, 0.25) is 0 Å². The number of aliphatic hydroxyl groups excluding tert-OH is 2. The Hall–Kier alpha value is -6.58. The summed E-state index contributed by atoms with van der Waals surface area (Å²) in [6.45, 7) is -0.0201. The number of aromatic carboxylic acids is 1. The number of benzene rings is 2. The van der Waals surface area contributed by atoms with Crippen molar-refractivity contribution in [1.29, 1.82) is 0 Å². The number of amides is 1. The normalized spacial score (nSPS) is 10.8. The number of nitrogen functional groups attached to an aromatic ring is 1. The van der Waals surface area contributed by atoms with E-state index in [4.69, 9.17) is 30.5 Å². The number of anilines is 2. The molecule has 0 aliphatic heterocycles. The predicted molar refractivity (Wildman–Crippen MR) is 184 cm³/mol. The van der Waals surface area contributed by atoms with Crippen molar-refractivity contribution in [3.8, 4) is 11.5 Å². The van der Waals surface area contributed by atoms with Crippen LogP contribution in [0.15, 0.2) is 97.9 Å². The summed E-state index contributed by atoms with van der Waals surface area (Å²) in [5, 5.41) is 36.8. The Labute approximate surface area is 280 Å². The second kappa shape index (κ2) is 17.4. The third-order valence-electron chi connectivity index (χ3n) is 6.59. The molecule has 2 aromatic carbocycles. The number of aliphatic hydroxyl groups is 2. The first-order chi connectivity index (χ1) is 23.8. The minimum atomic E-state index is -1.01. The number of carboxylic acid groups (broad SMARTS) is 1. The van der Waals surface area contributed by atoms with E-state index in [1.54, 1.807) is 86.4 Å². The van der Waals surface area contributed by atoms with E-state index in [0.717, 1.165) is 11.1 Å². The van der Waals surface area contributed by atoms with Crippen LogP contribution in [0.1, 0.15) is 31.8 Å². The first-order valence-electron chi connectivity index (χ1n) is 14.6. The van der Waals surface area contributed by atoms with Gasteiger partial charge in [-0.1, -0.05) is 36.4 Å². The van der Waals surface area contributed by atoms with Gasteiger partial charge in [-0.05, 0) is 47.5 Å². The summed E-state index contributed by atoms with van der Waals surface area (Å²) in [5.41, 5.74) is 9.92. The molecule has 0 saturated heterocycles. The molecular weight excluding hydrogens is 632 g/mol. The number of carbonyl (C=O) groups excluding carboxylic acids is 1. The highest BCUT2D eigenvalue weighted by Gasteiger charge is 2.16. The van der Waals surface area contributed by atoms with E-state index in [0.29, 0.717) is 39.7 Å². The molecule has 6 aromatic rings. The van der Waals surface area contributed by atoms with Gasteiger partial charge in [0.2, 0.25) is 0 Å². The second-order valence-electron chi connectivity index (χ2n) is 9.78. The molecule has 0 aliphatic carbocycles. The van der Waals surface area contributed by atoms with E-state index in [1.807, 2.05) is 12.1 Å². The zero-order chi connectivity index (χ0) is 35.2. The van der Waals surface area contributed by atoms with Crippen molar-refractivity contribution in [1.82, 2.24) is 29.2 Å². The minimum Gasteiger partial charge on any atom is -0.495 e. The fourth-order valence-corrected chi connectivity index (χ4v) is 4.32. The van der Waals surface area contributed by atoms with E-state index < -0.39 is 5.97 Å². The predicted octanol–water partition coefficient (Wildman–Crippen LogP) is 3.71. The van der Waals surface area contributed by atoms with Crippen molar-refractivity contribution in [2.45, 2.75) is 0 Å². The summed E-state index contributed by atoms with van der Waals surface area (Å²) in [5.74, 6) is -0.135. The van der Waals surface area contributed by atoms with Gasteiger partial charge in [-0.25, -0.2) is 23.8 Å². The van der Waals surface area contributed by atoms with E-state index in [2.05, 4.69) is 25.5 Å². The van der Waals surface area contributed by atoms with Gasteiger partial charge in [0, 0.05) is 24.8 Å². The van der Waals surface area contributed by atoms with Crippen LogP contribution in [0.4, 0.5) is 11.4 Å². The monoisotopic (exact) mass is 666 g/mol.